The van der Waals surface area contributed by atoms with Gasteiger partial charge in [0.15, 0.2) is 0 Å². The summed E-state index contributed by atoms with van der Waals surface area (Å²) < 4.78 is 0. The minimum Gasteiger partial charge on any atom is -0.480 e. The van der Waals surface area contributed by atoms with Crippen LogP contribution < -0.4 is 38.1 Å². The minimum absolute atomic E-state index is 0.0125. The molecule has 0 heterocycles. The molecule has 0 saturated carbocycles. The van der Waals surface area contributed by atoms with Crippen molar-refractivity contribution < 1.29 is 38.7 Å². The number of hydrogen-bond donors (Lipinski definition) is 9. The molecule has 3 aromatic carbocycles. The lowest BCUT2D eigenvalue weighted by Crippen LogP contribution is -2.60. The van der Waals surface area contributed by atoms with Crippen LogP contribution in [0.25, 0.3) is 0 Å². The molecule has 6 unspecified atom stereocenters. The number of amides is 6. The highest BCUT2D eigenvalue weighted by Gasteiger charge is 2.33. The van der Waals surface area contributed by atoms with Crippen LogP contribution in [0.2, 0.25) is 0 Å². The lowest BCUT2D eigenvalue weighted by Gasteiger charge is -2.27. The molecule has 56 heavy (non-hydrogen) atoms. The Morgan fingerprint density at radius 3 is 1.39 bits per heavy atom. The Labute approximate surface area is 331 Å². The van der Waals surface area contributed by atoms with Gasteiger partial charge in [0.25, 0.3) is 0 Å². The first kappa shape index (κ1) is 44.7. The quantitative estimate of drug-likeness (QED) is 0.0639. The zero-order valence-electron chi connectivity index (χ0n) is 31.4. The second kappa shape index (κ2) is 22.6. The van der Waals surface area contributed by atoms with Crippen LogP contribution in [0.15, 0.2) is 91.0 Å². The standard InChI is InChI=1S/C40H51N7O8S/c1-24(2)18-29(36(50)46-32(40(54)55)21-27-16-10-5-11-17-27)44-39(53)33(23-56)47-37(51)30(20-26-14-8-4-9-15-26)45-38(52)31(22-34(42)48)43-35(49)28(41)19-25-12-6-3-7-13-25/h3-17,24,28-33,56H,18-23,41H2,1-2H3,(H2,42,48)(H,43,49)(H,44,53)(H,45,52)(H,46,50)(H,47,51)(H,54,55). The van der Waals surface area contributed by atoms with Crippen LogP contribution in [0.1, 0.15) is 43.4 Å². The van der Waals surface area contributed by atoms with Gasteiger partial charge in [-0.25, -0.2) is 4.79 Å². The summed E-state index contributed by atoms with van der Waals surface area (Å²) in [5.41, 5.74) is 13.6. The van der Waals surface area contributed by atoms with Gasteiger partial charge in [0.1, 0.15) is 30.2 Å². The van der Waals surface area contributed by atoms with E-state index in [9.17, 15) is 38.7 Å². The molecule has 15 nitrogen and oxygen atoms in total. The number of carbonyl (C=O) groups excluding carboxylic acids is 6. The smallest absolute Gasteiger partial charge is 0.326 e. The van der Waals surface area contributed by atoms with Crippen molar-refractivity contribution in [1.29, 1.82) is 0 Å². The summed E-state index contributed by atoms with van der Waals surface area (Å²) in [6, 6.07) is 18.8. The molecule has 0 aliphatic carbocycles. The van der Waals surface area contributed by atoms with Crippen LogP contribution in [0, 0.1) is 5.92 Å². The van der Waals surface area contributed by atoms with E-state index in [0.29, 0.717) is 11.1 Å². The van der Waals surface area contributed by atoms with Crippen molar-refractivity contribution in [3.8, 4) is 0 Å². The number of nitrogens with two attached hydrogens (primary N) is 2. The molecular weight excluding hydrogens is 739 g/mol. The van der Waals surface area contributed by atoms with E-state index in [1.807, 2.05) is 19.9 Å². The lowest BCUT2D eigenvalue weighted by atomic mass is 10.0. The number of hydrogen-bond acceptors (Lipinski definition) is 9. The fourth-order valence-electron chi connectivity index (χ4n) is 5.75. The van der Waals surface area contributed by atoms with E-state index < -0.39 is 84.1 Å². The third-order valence-corrected chi connectivity index (χ3v) is 9.01. The molecule has 10 N–H and O–H groups in total. The predicted molar refractivity (Wildman–Crippen MR) is 213 cm³/mol. The van der Waals surface area contributed by atoms with Crippen LogP contribution in [-0.4, -0.2) is 88.5 Å². The summed E-state index contributed by atoms with van der Waals surface area (Å²) in [5, 5.41) is 22.6. The van der Waals surface area contributed by atoms with Crippen molar-refractivity contribution in [1.82, 2.24) is 26.6 Å². The fraction of sp³-hybridized carbons (Fsp3) is 0.375. The van der Waals surface area contributed by atoms with Crippen LogP contribution in [-0.2, 0) is 52.8 Å². The Bertz CT molecular complexity index is 1780. The SMILES string of the molecule is CC(C)CC(NC(=O)C(CS)NC(=O)C(Cc1ccccc1)NC(=O)C(CC(N)=O)NC(=O)C(N)Cc1ccccc1)C(=O)NC(Cc1ccccc1)C(=O)O. The second-order valence-electron chi connectivity index (χ2n) is 13.8. The number of carbonyl (C=O) groups is 7. The molecule has 3 rings (SSSR count). The molecule has 0 aromatic heterocycles. The second-order valence-corrected chi connectivity index (χ2v) is 14.2. The molecule has 6 amide bonds. The third-order valence-electron chi connectivity index (χ3n) is 8.64. The zero-order valence-corrected chi connectivity index (χ0v) is 32.2. The molecule has 3 aromatic rings. The Balaban J connectivity index is 1.77. The number of rotatable bonds is 22. The van der Waals surface area contributed by atoms with E-state index in [-0.39, 0.29) is 37.4 Å². The predicted octanol–water partition coefficient (Wildman–Crippen LogP) is 0.402. The molecule has 0 aliphatic rings. The van der Waals surface area contributed by atoms with Gasteiger partial charge in [0, 0.05) is 18.6 Å². The van der Waals surface area contributed by atoms with Crippen molar-refractivity contribution in [3.63, 3.8) is 0 Å². The summed E-state index contributed by atoms with van der Waals surface area (Å²) in [7, 11) is 0. The molecular formula is C40H51N7O8S. The average Bonchev–Trinajstić information content (AvgIpc) is 3.16. The van der Waals surface area contributed by atoms with Crippen molar-refractivity contribution in [2.45, 2.75) is 82.2 Å². The molecule has 0 saturated heterocycles. The van der Waals surface area contributed by atoms with E-state index in [2.05, 4.69) is 39.2 Å². The number of carboxylic acid groups (broad SMARTS) is 1. The molecule has 0 spiro atoms. The molecule has 0 bridgehead atoms. The monoisotopic (exact) mass is 789 g/mol. The largest absolute Gasteiger partial charge is 0.480 e. The number of nitrogens with one attached hydrogen (secondary N) is 5. The first-order valence-electron chi connectivity index (χ1n) is 18.2. The van der Waals surface area contributed by atoms with Crippen molar-refractivity contribution >= 4 is 54.0 Å². The van der Waals surface area contributed by atoms with Crippen LogP contribution in [0.3, 0.4) is 0 Å². The number of benzene rings is 3. The van der Waals surface area contributed by atoms with Crippen LogP contribution in [0.5, 0.6) is 0 Å². The highest BCUT2D eigenvalue weighted by atomic mass is 32.1. The summed E-state index contributed by atoms with van der Waals surface area (Å²) >= 11 is 4.26. The van der Waals surface area contributed by atoms with Gasteiger partial charge >= 0.3 is 5.97 Å². The first-order valence-corrected chi connectivity index (χ1v) is 18.8. The third kappa shape index (κ3) is 15.2. The Kier molecular flexibility index (Phi) is 18.0. The normalized spacial score (nSPS) is 14.2. The van der Waals surface area contributed by atoms with Crippen molar-refractivity contribution in [2.75, 3.05) is 5.75 Å². The van der Waals surface area contributed by atoms with Gasteiger partial charge in [-0.1, -0.05) is 105 Å². The molecule has 0 aliphatic heterocycles. The topological polar surface area (TPSA) is 252 Å². The summed E-state index contributed by atoms with van der Waals surface area (Å²) in [6.45, 7) is 3.65. The molecule has 0 radical (unpaired) electrons. The maximum Gasteiger partial charge on any atom is 0.326 e. The van der Waals surface area contributed by atoms with Gasteiger partial charge < -0.3 is 43.2 Å². The van der Waals surface area contributed by atoms with Gasteiger partial charge in [-0.15, -0.1) is 0 Å². The van der Waals surface area contributed by atoms with E-state index in [0.717, 1.165) is 5.56 Å². The first-order chi connectivity index (χ1) is 26.7. The van der Waals surface area contributed by atoms with E-state index >= 15 is 0 Å². The highest BCUT2D eigenvalue weighted by molar-refractivity contribution is 7.80. The fourth-order valence-corrected chi connectivity index (χ4v) is 6.00. The van der Waals surface area contributed by atoms with Gasteiger partial charge in [-0.3, -0.25) is 28.8 Å². The van der Waals surface area contributed by atoms with E-state index in [1.54, 1.807) is 84.9 Å². The Morgan fingerprint density at radius 1 is 0.554 bits per heavy atom. The number of thiol groups is 1. The highest BCUT2D eigenvalue weighted by Crippen LogP contribution is 2.10. The number of carboxylic acids is 1. The zero-order chi connectivity index (χ0) is 41.2. The van der Waals surface area contributed by atoms with E-state index in [4.69, 9.17) is 11.5 Å². The lowest BCUT2D eigenvalue weighted by molar-refractivity contribution is -0.142. The Morgan fingerprint density at radius 2 is 0.929 bits per heavy atom. The van der Waals surface area contributed by atoms with Gasteiger partial charge in [0.2, 0.25) is 35.4 Å². The van der Waals surface area contributed by atoms with Gasteiger partial charge in [0.05, 0.1) is 12.5 Å². The number of aliphatic carboxylic acids is 1. The van der Waals surface area contributed by atoms with Gasteiger partial charge in [-0.05, 0) is 35.4 Å². The summed E-state index contributed by atoms with van der Waals surface area (Å²) in [4.78, 5) is 91.6. The average molecular weight is 790 g/mol. The molecule has 6 atom stereocenters. The summed E-state index contributed by atoms with van der Waals surface area (Å²) in [5.74, 6) is -6.39. The summed E-state index contributed by atoms with van der Waals surface area (Å²) in [6.07, 6.45) is -0.335. The van der Waals surface area contributed by atoms with E-state index in [1.165, 1.54) is 0 Å². The van der Waals surface area contributed by atoms with Crippen LogP contribution >= 0.6 is 12.6 Å². The Hall–Kier alpha value is -5.74. The van der Waals surface area contributed by atoms with Crippen molar-refractivity contribution in [2.24, 2.45) is 17.4 Å². The van der Waals surface area contributed by atoms with Gasteiger partial charge in [-0.2, -0.15) is 12.6 Å². The maximum atomic E-state index is 13.8. The molecule has 0 fully saturated rings. The minimum atomic E-state index is -1.48. The molecule has 300 valence electrons. The molecule has 16 heteroatoms. The van der Waals surface area contributed by atoms with Crippen LogP contribution in [0.4, 0.5) is 0 Å². The number of primary amides is 1. The van der Waals surface area contributed by atoms with Crippen molar-refractivity contribution in [3.05, 3.63) is 108 Å². The maximum absolute atomic E-state index is 13.8.